The fourth-order valence-corrected chi connectivity index (χ4v) is 1.96. The molecule has 0 saturated heterocycles. The number of nitrogens with one attached hydrogen (secondary N) is 1. The summed E-state index contributed by atoms with van der Waals surface area (Å²) in [5.41, 5.74) is 1.06. The predicted octanol–water partition coefficient (Wildman–Crippen LogP) is 1.72. The van der Waals surface area contributed by atoms with Gasteiger partial charge in [-0.25, -0.2) is 9.97 Å². The van der Waals surface area contributed by atoms with Crippen LogP contribution in [0.4, 0.5) is 0 Å². The van der Waals surface area contributed by atoms with Gasteiger partial charge in [0, 0.05) is 24.4 Å². The molecule has 3 heteroatoms. The van der Waals surface area contributed by atoms with Gasteiger partial charge in [0.2, 0.25) is 0 Å². The molecule has 0 spiro atoms. The molecule has 82 valence electrons. The van der Waals surface area contributed by atoms with Crippen LogP contribution in [-0.4, -0.2) is 22.6 Å². The molecule has 1 fully saturated rings. The molecular formula is C12H19N3. The van der Waals surface area contributed by atoms with Gasteiger partial charge in [-0.05, 0) is 38.3 Å². The fourth-order valence-electron chi connectivity index (χ4n) is 1.96. The largest absolute Gasteiger partial charge is 0.314 e. The van der Waals surface area contributed by atoms with Crippen molar-refractivity contribution >= 4 is 0 Å². The summed E-state index contributed by atoms with van der Waals surface area (Å²) in [5.74, 6) is 1.84. The molecule has 1 N–H and O–H groups in total. The molecule has 1 atom stereocenters. The van der Waals surface area contributed by atoms with Gasteiger partial charge in [0.1, 0.15) is 5.82 Å². The number of aryl methyl sites for hydroxylation is 1. The second-order valence-electron chi connectivity index (χ2n) is 4.32. The lowest BCUT2D eigenvalue weighted by Gasteiger charge is -2.16. The van der Waals surface area contributed by atoms with Crippen molar-refractivity contribution in [1.29, 1.82) is 0 Å². The van der Waals surface area contributed by atoms with Crippen molar-refractivity contribution in [2.75, 3.05) is 6.54 Å². The molecule has 3 nitrogen and oxygen atoms in total. The first-order valence-corrected chi connectivity index (χ1v) is 5.81. The van der Waals surface area contributed by atoms with E-state index in [0.29, 0.717) is 6.04 Å². The highest BCUT2D eigenvalue weighted by atomic mass is 14.9. The number of likely N-dealkylation sites (N-methyl/N-ethyl adjacent to an activating group) is 1. The first-order chi connectivity index (χ1) is 7.29. The molecule has 0 aromatic carbocycles. The molecule has 1 saturated carbocycles. The zero-order chi connectivity index (χ0) is 10.7. The Morgan fingerprint density at radius 1 is 1.53 bits per heavy atom. The van der Waals surface area contributed by atoms with Gasteiger partial charge in [0.05, 0.1) is 0 Å². The minimum absolute atomic E-state index is 0.580. The van der Waals surface area contributed by atoms with E-state index >= 15 is 0 Å². The molecule has 0 aliphatic heterocycles. The lowest BCUT2D eigenvalue weighted by molar-refractivity contribution is 0.463. The van der Waals surface area contributed by atoms with E-state index in [4.69, 9.17) is 0 Å². The Kier molecular flexibility index (Phi) is 3.31. The van der Waals surface area contributed by atoms with Crippen LogP contribution >= 0.6 is 0 Å². The summed E-state index contributed by atoms with van der Waals surface area (Å²) in [6.45, 7) is 5.21. The summed E-state index contributed by atoms with van der Waals surface area (Å²) >= 11 is 0. The summed E-state index contributed by atoms with van der Waals surface area (Å²) in [7, 11) is 0. The maximum absolute atomic E-state index is 4.45. The average Bonchev–Trinajstić information content (AvgIpc) is 3.00. The van der Waals surface area contributed by atoms with Crippen molar-refractivity contribution in [2.24, 2.45) is 5.92 Å². The van der Waals surface area contributed by atoms with Crippen LogP contribution in [0.5, 0.6) is 0 Å². The van der Waals surface area contributed by atoms with E-state index in [-0.39, 0.29) is 0 Å². The first-order valence-electron chi connectivity index (χ1n) is 5.81. The Morgan fingerprint density at radius 2 is 2.33 bits per heavy atom. The van der Waals surface area contributed by atoms with Crippen LogP contribution in [-0.2, 0) is 6.42 Å². The molecule has 15 heavy (non-hydrogen) atoms. The predicted molar refractivity (Wildman–Crippen MR) is 60.7 cm³/mol. The maximum atomic E-state index is 4.45. The van der Waals surface area contributed by atoms with Gasteiger partial charge in [0.25, 0.3) is 0 Å². The third-order valence-electron chi connectivity index (χ3n) is 2.90. The molecule has 2 rings (SSSR count). The fraction of sp³-hybridized carbons (Fsp3) is 0.667. The molecule has 0 amide bonds. The zero-order valence-corrected chi connectivity index (χ0v) is 9.53. The van der Waals surface area contributed by atoms with Crippen LogP contribution in [0.25, 0.3) is 0 Å². The van der Waals surface area contributed by atoms with Crippen molar-refractivity contribution in [3.63, 3.8) is 0 Å². The highest BCUT2D eigenvalue weighted by Gasteiger charge is 2.31. The van der Waals surface area contributed by atoms with E-state index in [0.717, 1.165) is 30.4 Å². The quantitative estimate of drug-likeness (QED) is 0.795. The van der Waals surface area contributed by atoms with E-state index in [2.05, 4.69) is 22.2 Å². The highest BCUT2D eigenvalue weighted by molar-refractivity contribution is 5.02. The Morgan fingerprint density at radius 3 is 2.93 bits per heavy atom. The molecular weight excluding hydrogens is 186 g/mol. The number of nitrogens with zero attached hydrogens (tertiary/aromatic N) is 2. The smallest absolute Gasteiger partial charge is 0.130 e. The van der Waals surface area contributed by atoms with Gasteiger partial charge >= 0.3 is 0 Å². The highest BCUT2D eigenvalue weighted by Crippen LogP contribution is 2.33. The van der Waals surface area contributed by atoms with Crippen molar-refractivity contribution < 1.29 is 0 Å². The van der Waals surface area contributed by atoms with Gasteiger partial charge in [0.15, 0.2) is 0 Å². The second-order valence-corrected chi connectivity index (χ2v) is 4.32. The summed E-state index contributed by atoms with van der Waals surface area (Å²) in [6.07, 6.45) is 5.56. The zero-order valence-electron chi connectivity index (χ0n) is 9.53. The summed E-state index contributed by atoms with van der Waals surface area (Å²) in [4.78, 5) is 8.77. The minimum Gasteiger partial charge on any atom is -0.314 e. The lowest BCUT2D eigenvalue weighted by Crippen LogP contribution is -2.33. The van der Waals surface area contributed by atoms with E-state index in [1.54, 1.807) is 0 Å². The molecule has 1 aromatic rings. The van der Waals surface area contributed by atoms with E-state index < -0.39 is 0 Å². The summed E-state index contributed by atoms with van der Waals surface area (Å²) in [6, 6.07) is 2.53. The SMILES string of the molecule is CCNC(Cc1nccc(C)n1)C1CC1. The Hall–Kier alpha value is -0.960. The number of rotatable bonds is 5. The van der Waals surface area contributed by atoms with Crippen LogP contribution in [0.1, 0.15) is 31.3 Å². The topological polar surface area (TPSA) is 37.8 Å². The van der Waals surface area contributed by atoms with Gasteiger partial charge in [-0.15, -0.1) is 0 Å². The van der Waals surface area contributed by atoms with Crippen molar-refractivity contribution in [1.82, 2.24) is 15.3 Å². The van der Waals surface area contributed by atoms with Gasteiger partial charge in [-0.2, -0.15) is 0 Å². The second kappa shape index (κ2) is 4.71. The van der Waals surface area contributed by atoms with Crippen molar-refractivity contribution in [3.8, 4) is 0 Å². The Balaban J connectivity index is 1.98. The number of hydrogen-bond donors (Lipinski definition) is 1. The van der Waals surface area contributed by atoms with Crippen LogP contribution < -0.4 is 5.32 Å². The van der Waals surface area contributed by atoms with Crippen LogP contribution in [0.3, 0.4) is 0 Å². The normalized spacial score (nSPS) is 17.7. The minimum atomic E-state index is 0.580. The van der Waals surface area contributed by atoms with Gasteiger partial charge in [-0.1, -0.05) is 6.92 Å². The van der Waals surface area contributed by atoms with Crippen LogP contribution in [0.2, 0.25) is 0 Å². The maximum Gasteiger partial charge on any atom is 0.130 e. The summed E-state index contributed by atoms with van der Waals surface area (Å²) < 4.78 is 0. The van der Waals surface area contributed by atoms with Gasteiger partial charge < -0.3 is 5.32 Å². The van der Waals surface area contributed by atoms with Crippen molar-refractivity contribution in [3.05, 3.63) is 23.8 Å². The number of hydrogen-bond acceptors (Lipinski definition) is 3. The molecule has 1 aliphatic rings. The third-order valence-corrected chi connectivity index (χ3v) is 2.90. The van der Waals surface area contributed by atoms with E-state index in [9.17, 15) is 0 Å². The van der Waals surface area contributed by atoms with Crippen LogP contribution in [0, 0.1) is 12.8 Å². The Bertz CT molecular complexity index is 320. The molecule has 1 heterocycles. The van der Waals surface area contributed by atoms with Crippen LogP contribution in [0.15, 0.2) is 12.3 Å². The van der Waals surface area contributed by atoms with E-state index in [1.807, 2.05) is 19.2 Å². The first kappa shape index (κ1) is 10.6. The molecule has 1 aromatic heterocycles. The van der Waals surface area contributed by atoms with E-state index in [1.165, 1.54) is 12.8 Å². The van der Waals surface area contributed by atoms with Gasteiger partial charge in [-0.3, -0.25) is 0 Å². The standard InChI is InChI=1S/C12H19N3/c1-3-13-11(10-4-5-10)8-12-14-7-6-9(2)15-12/h6-7,10-11,13H,3-5,8H2,1-2H3. The Labute approximate surface area is 91.3 Å². The summed E-state index contributed by atoms with van der Waals surface area (Å²) in [5, 5.41) is 3.53. The molecule has 1 unspecified atom stereocenters. The number of aromatic nitrogens is 2. The molecule has 1 aliphatic carbocycles. The monoisotopic (exact) mass is 205 g/mol. The average molecular weight is 205 g/mol. The molecule has 0 radical (unpaired) electrons. The van der Waals surface area contributed by atoms with Crippen molar-refractivity contribution in [2.45, 2.75) is 39.2 Å². The third kappa shape index (κ3) is 2.99. The molecule has 0 bridgehead atoms. The lowest BCUT2D eigenvalue weighted by atomic mass is 10.1.